The standard InChI is InChI=1S/C18H28N4O/c1-14-6-9-22(10-7-14)17-5-4-16(13-20-17)18(23)21-12-15-3-2-8-19-11-15/h4-5,13-15,19H,2-3,6-12H2,1H3,(H,21,23). The molecule has 2 fully saturated rings. The first-order valence-corrected chi connectivity index (χ1v) is 8.92. The Kier molecular flexibility index (Phi) is 5.49. The van der Waals surface area contributed by atoms with Gasteiger partial charge in [0.15, 0.2) is 0 Å². The van der Waals surface area contributed by atoms with Crippen LogP contribution < -0.4 is 15.5 Å². The van der Waals surface area contributed by atoms with Crippen LogP contribution in [0.1, 0.15) is 43.0 Å². The molecule has 5 heteroatoms. The van der Waals surface area contributed by atoms with E-state index in [1.54, 1.807) is 6.20 Å². The maximum atomic E-state index is 12.2. The fourth-order valence-electron chi connectivity index (χ4n) is 3.38. The van der Waals surface area contributed by atoms with Crippen molar-refractivity contribution >= 4 is 11.7 Å². The molecule has 0 radical (unpaired) electrons. The summed E-state index contributed by atoms with van der Waals surface area (Å²) < 4.78 is 0. The summed E-state index contributed by atoms with van der Waals surface area (Å²) >= 11 is 0. The highest BCUT2D eigenvalue weighted by molar-refractivity contribution is 5.94. The molecule has 1 unspecified atom stereocenters. The largest absolute Gasteiger partial charge is 0.357 e. The second kappa shape index (κ2) is 7.77. The lowest BCUT2D eigenvalue weighted by atomic mass is 9.99. The molecule has 2 aliphatic heterocycles. The summed E-state index contributed by atoms with van der Waals surface area (Å²) in [5.74, 6) is 2.34. The van der Waals surface area contributed by atoms with Crippen LogP contribution >= 0.6 is 0 Å². The minimum atomic E-state index is -0.0121. The summed E-state index contributed by atoms with van der Waals surface area (Å²) in [6, 6.07) is 3.88. The third-order valence-electron chi connectivity index (χ3n) is 5.07. The summed E-state index contributed by atoms with van der Waals surface area (Å²) in [5.41, 5.74) is 0.655. The summed E-state index contributed by atoms with van der Waals surface area (Å²) in [7, 11) is 0. The second-order valence-electron chi connectivity index (χ2n) is 7.00. The Morgan fingerprint density at radius 2 is 2.17 bits per heavy atom. The Morgan fingerprint density at radius 3 is 2.83 bits per heavy atom. The molecular weight excluding hydrogens is 288 g/mol. The van der Waals surface area contributed by atoms with Crippen molar-refractivity contribution in [3.63, 3.8) is 0 Å². The minimum absolute atomic E-state index is 0.0121. The topological polar surface area (TPSA) is 57.3 Å². The van der Waals surface area contributed by atoms with Crippen molar-refractivity contribution in [2.45, 2.75) is 32.6 Å². The van der Waals surface area contributed by atoms with E-state index in [-0.39, 0.29) is 5.91 Å². The number of carbonyl (C=O) groups excluding carboxylic acids is 1. The van der Waals surface area contributed by atoms with Gasteiger partial charge in [-0.25, -0.2) is 4.98 Å². The molecule has 2 N–H and O–H groups in total. The molecule has 126 valence electrons. The molecule has 2 aliphatic rings. The zero-order chi connectivity index (χ0) is 16.1. The van der Waals surface area contributed by atoms with Crippen LogP contribution in [0.5, 0.6) is 0 Å². The van der Waals surface area contributed by atoms with E-state index in [1.165, 1.54) is 25.7 Å². The number of amides is 1. The Bertz CT molecular complexity index is 502. The maximum absolute atomic E-state index is 12.2. The first-order valence-electron chi connectivity index (χ1n) is 8.92. The van der Waals surface area contributed by atoms with Crippen LogP contribution in [0.15, 0.2) is 18.3 Å². The molecular formula is C18H28N4O. The number of rotatable bonds is 4. The van der Waals surface area contributed by atoms with Crippen molar-refractivity contribution in [3.05, 3.63) is 23.9 Å². The highest BCUT2D eigenvalue weighted by Crippen LogP contribution is 2.21. The molecule has 23 heavy (non-hydrogen) atoms. The molecule has 3 heterocycles. The molecule has 0 saturated carbocycles. The van der Waals surface area contributed by atoms with Crippen molar-refractivity contribution in [1.82, 2.24) is 15.6 Å². The van der Waals surface area contributed by atoms with Crippen LogP contribution in [0.2, 0.25) is 0 Å². The molecule has 1 atom stereocenters. The van der Waals surface area contributed by atoms with Crippen molar-refractivity contribution in [2.24, 2.45) is 11.8 Å². The molecule has 3 rings (SSSR count). The van der Waals surface area contributed by atoms with Crippen LogP contribution in [0.3, 0.4) is 0 Å². The molecule has 0 aromatic carbocycles. The van der Waals surface area contributed by atoms with E-state index in [9.17, 15) is 4.79 Å². The van der Waals surface area contributed by atoms with Gasteiger partial charge in [-0.1, -0.05) is 6.92 Å². The molecule has 0 spiro atoms. The SMILES string of the molecule is CC1CCN(c2ccc(C(=O)NCC3CCCNC3)cn2)CC1. The lowest BCUT2D eigenvalue weighted by Crippen LogP contribution is -2.38. The van der Waals surface area contributed by atoms with Crippen molar-refractivity contribution in [1.29, 1.82) is 0 Å². The molecule has 1 aromatic rings. The first-order chi connectivity index (χ1) is 11.2. The number of hydrogen-bond acceptors (Lipinski definition) is 4. The van der Waals surface area contributed by atoms with Crippen molar-refractivity contribution in [3.8, 4) is 0 Å². The normalized spacial score (nSPS) is 22.8. The lowest BCUT2D eigenvalue weighted by Gasteiger charge is -2.31. The van der Waals surface area contributed by atoms with E-state index in [0.29, 0.717) is 11.5 Å². The van der Waals surface area contributed by atoms with E-state index in [4.69, 9.17) is 0 Å². The van der Waals surface area contributed by atoms with Gasteiger partial charge in [-0.2, -0.15) is 0 Å². The summed E-state index contributed by atoms with van der Waals surface area (Å²) in [6.07, 6.45) is 6.55. The predicted molar refractivity (Wildman–Crippen MR) is 92.8 cm³/mol. The van der Waals surface area contributed by atoms with E-state index in [0.717, 1.165) is 44.5 Å². The van der Waals surface area contributed by atoms with Gasteiger partial charge in [0.05, 0.1) is 5.56 Å². The molecule has 1 amide bonds. The smallest absolute Gasteiger partial charge is 0.252 e. The summed E-state index contributed by atoms with van der Waals surface area (Å²) in [5, 5.41) is 6.42. The van der Waals surface area contributed by atoms with Gasteiger partial charge >= 0.3 is 0 Å². The van der Waals surface area contributed by atoms with Gasteiger partial charge in [0.25, 0.3) is 5.91 Å². The number of hydrogen-bond donors (Lipinski definition) is 2. The third-order valence-corrected chi connectivity index (χ3v) is 5.07. The Morgan fingerprint density at radius 1 is 1.35 bits per heavy atom. The summed E-state index contributed by atoms with van der Waals surface area (Å²) in [6.45, 7) is 7.29. The highest BCUT2D eigenvalue weighted by Gasteiger charge is 2.18. The minimum Gasteiger partial charge on any atom is -0.357 e. The van der Waals surface area contributed by atoms with Crippen molar-refractivity contribution < 1.29 is 4.79 Å². The van der Waals surface area contributed by atoms with Gasteiger partial charge in [-0.05, 0) is 62.7 Å². The number of carbonyl (C=O) groups is 1. The average Bonchev–Trinajstić information content (AvgIpc) is 2.61. The fourth-order valence-corrected chi connectivity index (χ4v) is 3.38. The number of piperidine rings is 2. The molecule has 1 aromatic heterocycles. The van der Waals surface area contributed by atoms with E-state index in [2.05, 4.69) is 27.4 Å². The second-order valence-corrected chi connectivity index (χ2v) is 7.00. The average molecular weight is 316 g/mol. The number of nitrogens with one attached hydrogen (secondary N) is 2. The Hall–Kier alpha value is -1.62. The van der Waals surface area contributed by atoms with E-state index in [1.807, 2.05) is 12.1 Å². The molecule has 5 nitrogen and oxygen atoms in total. The van der Waals surface area contributed by atoms with Crippen LogP contribution in [0.4, 0.5) is 5.82 Å². The third kappa shape index (κ3) is 4.44. The monoisotopic (exact) mass is 316 g/mol. The summed E-state index contributed by atoms with van der Waals surface area (Å²) in [4.78, 5) is 19.0. The van der Waals surface area contributed by atoms with Gasteiger partial charge in [-0.3, -0.25) is 4.79 Å². The van der Waals surface area contributed by atoms with E-state index < -0.39 is 0 Å². The van der Waals surface area contributed by atoms with Gasteiger partial charge in [-0.15, -0.1) is 0 Å². The first kappa shape index (κ1) is 16.2. The highest BCUT2D eigenvalue weighted by atomic mass is 16.1. The van der Waals surface area contributed by atoms with Gasteiger partial charge in [0, 0.05) is 25.8 Å². The molecule has 0 aliphatic carbocycles. The number of aromatic nitrogens is 1. The molecule has 2 saturated heterocycles. The number of nitrogens with zero attached hydrogens (tertiary/aromatic N) is 2. The quantitative estimate of drug-likeness (QED) is 0.892. The lowest BCUT2D eigenvalue weighted by molar-refractivity contribution is 0.0944. The Labute approximate surface area is 138 Å². The molecule has 0 bridgehead atoms. The fraction of sp³-hybridized carbons (Fsp3) is 0.667. The zero-order valence-electron chi connectivity index (χ0n) is 14.1. The van der Waals surface area contributed by atoms with Gasteiger partial charge < -0.3 is 15.5 Å². The van der Waals surface area contributed by atoms with Crippen molar-refractivity contribution in [2.75, 3.05) is 37.6 Å². The maximum Gasteiger partial charge on any atom is 0.252 e. The predicted octanol–water partition coefficient (Wildman–Crippen LogP) is 2.05. The zero-order valence-corrected chi connectivity index (χ0v) is 14.1. The number of anilines is 1. The Balaban J connectivity index is 1.50. The van der Waals surface area contributed by atoms with Crippen LogP contribution in [0.25, 0.3) is 0 Å². The van der Waals surface area contributed by atoms with Gasteiger partial charge in [0.2, 0.25) is 0 Å². The van der Waals surface area contributed by atoms with Crippen LogP contribution in [0, 0.1) is 11.8 Å². The number of pyridine rings is 1. The van der Waals surface area contributed by atoms with E-state index >= 15 is 0 Å². The van der Waals surface area contributed by atoms with Crippen LogP contribution in [-0.2, 0) is 0 Å². The van der Waals surface area contributed by atoms with Gasteiger partial charge in [0.1, 0.15) is 5.82 Å². The van der Waals surface area contributed by atoms with Crippen LogP contribution in [-0.4, -0.2) is 43.6 Å².